The van der Waals surface area contributed by atoms with E-state index in [1.165, 1.54) is 4.70 Å². The third kappa shape index (κ3) is 2.39. The molecule has 0 spiro atoms. The number of thiophene rings is 1. The van der Waals surface area contributed by atoms with Gasteiger partial charge in [-0.15, -0.1) is 11.3 Å². The molecule has 1 amide bonds. The second-order valence-electron chi connectivity index (χ2n) is 5.53. The number of anilines is 2. The molecular formula is C19H15N3OS. The molecule has 0 aliphatic carbocycles. The molecule has 2 heterocycles. The Bertz CT molecular complexity index is 1000. The van der Waals surface area contributed by atoms with Crippen LogP contribution in [0.5, 0.6) is 0 Å². The average molecular weight is 333 g/mol. The van der Waals surface area contributed by atoms with Crippen LogP contribution in [-0.2, 0) is 4.79 Å². The van der Waals surface area contributed by atoms with E-state index in [1.807, 2.05) is 55.5 Å². The monoisotopic (exact) mass is 333 g/mol. The van der Waals surface area contributed by atoms with Gasteiger partial charge in [-0.05, 0) is 42.0 Å². The molecule has 0 fully saturated rings. The molecule has 0 saturated heterocycles. The van der Waals surface area contributed by atoms with Crippen LogP contribution in [0.1, 0.15) is 5.69 Å². The maximum Gasteiger partial charge on any atom is 0.218 e. The fraction of sp³-hybridized carbons (Fsp3) is 0.0526. The number of aromatic amines is 1. The van der Waals surface area contributed by atoms with Gasteiger partial charge in [-0.2, -0.15) is 5.10 Å². The number of aryl methyl sites for hydroxylation is 1. The molecule has 24 heavy (non-hydrogen) atoms. The van der Waals surface area contributed by atoms with Crippen molar-refractivity contribution in [3.05, 3.63) is 65.7 Å². The van der Waals surface area contributed by atoms with Crippen LogP contribution in [0, 0.1) is 6.92 Å². The summed E-state index contributed by atoms with van der Waals surface area (Å²) in [6.07, 6.45) is 0.845. The zero-order valence-electron chi connectivity index (χ0n) is 13.1. The number of nitrogens with one attached hydrogen (secondary N) is 1. The normalized spacial score (nSPS) is 10.9. The number of H-pyrrole nitrogens is 1. The maximum absolute atomic E-state index is 11.9. The van der Waals surface area contributed by atoms with Gasteiger partial charge in [0.25, 0.3) is 0 Å². The number of fused-ring (bicyclic) bond motifs is 1. The van der Waals surface area contributed by atoms with Gasteiger partial charge < -0.3 is 0 Å². The summed E-state index contributed by atoms with van der Waals surface area (Å²) in [6.45, 7) is 1.92. The van der Waals surface area contributed by atoms with Gasteiger partial charge in [0.2, 0.25) is 6.41 Å². The van der Waals surface area contributed by atoms with Gasteiger partial charge in [0, 0.05) is 16.0 Å². The molecule has 0 bridgehead atoms. The molecular weight excluding hydrogens is 318 g/mol. The lowest BCUT2D eigenvalue weighted by atomic mass is 10.1. The highest BCUT2D eigenvalue weighted by Gasteiger charge is 2.20. The van der Waals surface area contributed by atoms with Crippen molar-refractivity contribution in [2.45, 2.75) is 6.92 Å². The number of rotatable bonds is 4. The van der Waals surface area contributed by atoms with Crippen LogP contribution in [0.2, 0.25) is 0 Å². The van der Waals surface area contributed by atoms with Crippen LogP contribution in [0.25, 0.3) is 21.3 Å². The summed E-state index contributed by atoms with van der Waals surface area (Å²) in [6, 6.07) is 18.0. The van der Waals surface area contributed by atoms with Crippen LogP contribution in [0.15, 0.2) is 60.0 Å². The van der Waals surface area contributed by atoms with E-state index in [1.54, 1.807) is 16.2 Å². The fourth-order valence-electron chi connectivity index (χ4n) is 2.86. The lowest BCUT2D eigenvalue weighted by molar-refractivity contribution is -0.106. The lowest BCUT2D eigenvalue weighted by Crippen LogP contribution is -2.15. The number of nitrogens with zero attached hydrogens (tertiary/aromatic N) is 2. The quantitative estimate of drug-likeness (QED) is 0.540. The smallest absolute Gasteiger partial charge is 0.218 e. The molecule has 4 rings (SSSR count). The first-order chi connectivity index (χ1) is 11.8. The van der Waals surface area contributed by atoms with Crippen LogP contribution in [0.4, 0.5) is 11.4 Å². The molecule has 0 aliphatic heterocycles. The Morgan fingerprint density at radius 2 is 1.96 bits per heavy atom. The number of amides is 1. The fourth-order valence-corrected chi connectivity index (χ4v) is 3.63. The Morgan fingerprint density at radius 1 is 1.12 bits per heavy atom. The highest BCUT2D eigenvalue weighted by Crippen LogP contribution is 2.36. The highest BCUT2D eigenvalue weighted by molar-refractivity contribution is 7.17. The van der Waals surface area contributed by atoms with Gasteiger partial charge in [-0.3, -0.25) is 14.8 Å². The van der Waals surface area contributed by atoms with E-state index < -0.39 is 0 Å². The highest BCUT2D eigenvalue weighted by atomic mass is 32.1. The van der Waals surface area contributed by atoms with Crippen molar-refractivity contribution in [3.63, 3.8) is 0 Å². The number of aromatic nitrogens is 2. The van der Waals surface area contributed by atoms with E-state index in [9.17, 15) is 4.79 Å². The standard InChI is InChI=1S/C19H15N3OS/c1-13-19(18(21-20-13)14-5-3-2-4-6-14)22(12-23)16-7-8-17-15(11-16)9-10-24-17/h2-12H,1H3,(H,20,21). The second kappa shape index (κ2) is 5.94. The van der Waals surface area contributed by atoms with E-state index in [2.05, 4.69) is 21.6 Å². The SMILES string of the molecule is Cc1[nH]nc(-c2ccccc2)c1N(C=O)c1ccc2sccc2c1. The molecule has 0 aliphatic rings. The van der Waals surface area contributed by atoms with E-state index in [-0.39, 0.29) is 0 Å². The molecule has 4 nitrogen and oxygen atoms in total. The van der Waals surface area contributed by atoms with Crippen molar-refractivity contribution in [1.29, 1.82) is 0 Å². The molecule has 0 saturated carbocycles. The van der Waals surface area contributed by atoms with Crippen molar-refractivity contribution >= 4 is 39.2 Å². The first-order valence-corrected chi connectivity index (χ1v) is 8.48. The van der Waals surface area contributed by atoms with E-state index in [4.69, 9.17) is 0 Å². The van der Waals surface area contributed by atoms with Crippen molar-refractivity contribution < 1.29 is 4.79 Å². The second-order valence-corrected chi connectivity index (χ2v) is 6.48. The summed E-state index contributed by atoms with van der Waals surface area (Å²) in [7, 11) is 0. The lowest BCUT2D eigenvalue weighted by Gasteiger charge is -2.19. The molecule has 0 atom stereocenters. The van der Waals surface area contributed by atoms with E-state index in [0.29, 0.717) is 0 Å². The predicted molar refractivity (Wildman–Crippen MR) is 98.8 cm³/mol. The minimum atomic E-state index is 0.769. The van der Waals surface area contributed by atoms with Crippen LogP contribution >= 0.6 is 11.3 Å². The van der Waals surface area contributed by atoms with Gasteiger partial charge >= 0.3 is 0 Å². The Hall–Kier alpha value is -2.92. The van der Waals surface area contributed by atoms with Crippen molar-refractivity contribution in [1.82, 2.24) is 10.2 Å². The number of carbonyl (C=O) groups is 1. The Balaban J connectivity index is 1.86. The molecule has 1 N–H and O–H groups in total. The van der Waals surface area contributed by atoms with Gasteiger partial charge in [0.05, 0.1) is 11.4 Å². The third-order valence-electron chi connectivity index (χ3n) is 4.02. The predicted octanol–water partition coefficient (Wildman–Crippen LogP) is 4.89. The van der Waals surface area contributed by atoms with Gasteiger partial charge in [0.1, 0.15) is 5.69 Å². The molecule has 0 radical (unpaired) electrons. The van der Waals surface area contributed by atoms with Crippen LogP contribution in [0.3, 0.4) is 0 Å². The molecule has 2 aromatic heterocycles. The Kier molecular flexibility index (Phi) is 3.63. The minimum Gasteiger partial charge on any atom is -0.280 e. The largest absolute Gasteiger partial charge is 0.280 e. The Morgan fingerprint density at radius 3 is 2.75 bits per heavy atom. The molecule has 118 valence electrons. The summed E-state index contributed by atoms with van der Waals surface area (Å²) >= 11 is 1.69. The molecule has 4 aromatic rings. The zero-order chi connectivity index (χ0) is 16.5. The van der Waals surface area contributed by atoms with Crippen LogP contribution < -0.4 is 4.90 Å². The number of hydrogen-bond acceptors (Lipinski definition) is 3. The van der Waals surface area contributed by atoms with Crippen molar-refractivity contribution in [2.75, 3.05) is 4.90 Å². The average Bonchev–Trinajstić information content (AvgIpc) is 3.23. The minimum absolute atomic E-state index is 0.769. The number of hydrogen-bond donors (Lipinski definition) is 1. The van der Waals surface area contributed by atoms with Gasteiger partial charge in [0.15, 0.2) is 0 Å². The van der Waals surface area contributed by atoms with Crippen molar-refractivity contribution in [2.24, 2.45) is 0 Å². The molecule has 0 unspecified atom stereocenters. The summed E-state index contributed by atoms with van der Waals surface area (Å²) in [5.74, 6) is 0. The topological polar surface area (TPSA) is 49.0 Å². The first kappa shape index (κ1) is 14.7. The summed E-state index contributed by atoms with van der Waals surface area (Å²) in [4.78, 5) is 13.6. The molecule has 5 heteroatoms. The summed E-state index contributed by atoms with van der Waals surface area (Å²) in [5.41, 5.74) is 4.21. The summed E-state index contributed by atoms with van der Waals surface area (Å²) < 4.78 is 1.21. The van der Waals surface area contributed by atoms with Gasteiger partial charge in [-0.1, -0.05) is 30.3 Å². The molecule has 2 aromatic carbocycles. The van der Waals surface area contributed by atoms with Crippen LogP contribution in [-0.4, -0.2) is 16.6 Å². The first-order valence-electron chi connectivity index (χ1n) is 7.60. The van der Waals surface area contributed by atoms with Crippen molar-refractivity contribution in [3.8, 4) is 11.3 Å². The maximum atomic E-state index is 11.9. The number of benzene rings is 2. The summed E-state index contributed by atoms with van der Waals surface area (Å²) in [5, 5.41) is 10.6. The van der Waals surface area contributed by atoms with E-state index in [0.717, 1.165) is 40.1 Å². The van der Waals surface area contributed by atoms with E-state index >= 15 is 0 Å². The number of carbonyl (C=O) groups excluding carboxylic acids is 1. The zero-order valence-corrected chi connectivity index (χ0v) is 13.9. The Labute approximate surface area is 143 Å². The van der Waals surface area contributed by atoms with Gasteiger partial charge in [-0.25, -0.2) is 0 Å². The third-order valence-corrected chi connectivity index (χ3v) is 4.92.